The van der Waals surface area contributed by atoms with E-state index in [9.17, 15) is 0 Å². The Morgan fingerprint density at radius 1 is 0.844 bits per heavy atom. The van der Waals surface area contributed by atoms with Crippen LogP contribution in [0, 0.1) is 12.3 Å². The molecule has 3 aromatic carbocycles. The Kier molecular flexibility index (Phi) is 8.37. The third kappa shape index (κ3) is 7.77. The van der Waals surface area contributed by atoms with Gasteiger partial charge in [-0.05, 0) is 48.9 Å². The molecule has 0 amide bonds. The third-order valence-corrected chi connectivity index (χ3v) is 3.85. The van der Waals surface area contributed by atoms with Crippen molar-refractivity contribution in [3.05, 3.63) is 71.2 Å². The lowest BCUT2D eigenvalue weighted by atomic mass is 10.2. The second kappa shape index (κ2) is 11.0. The highest BCUT2D eigenvalue weighted by Gasteiger charge is 2.21. The molecule has 0 bridgehead atoms. The van der Waals surface area contributed by atoms with Crippen LogP contribution in [0.15, 0.2) is 60.7 Å². The van der Waals surface area contributed by atoms with Gasteiger partial charge in [0.15, 0.2) is 16.5 Å². The minimum Gasteiger partial charge on any atom is -0.726 e. The van der Waals surface area contributed by atoms with Gasteiger partial charge in [-0.25, -0.2) is 8.42 Å². The fourth-order valence-corrected chi connectivity index (χ4v) is 2.53. The van der Waals surface area contributed by atoms with Gasteiger partial charge in [0.05, 0.1) is 20.3 Å². The number of methoxy groups -OCH3 is 2. The van der Waals surface area contributed by atoms with Gasteiger partial charge >= 0.3 is 5.69 Å². The molecular formula is C21H20N2O8S. The average molecular weight is 460 g/mol. The Balaban J connectivity index is 0.000000654. The second-order valence-corrected chi connectivity index (χ2v) is 7.05. The molecule has 0 aromatic heterocycles. The van der Waals surface area contributed by atoms with Gasteiger partial charge in [0.25, 0.3) is 0 Å². The van der Waals surface area contributed by atoms with Crippen molar-refractivity contribution in [2.45, 2.75) is 6.92 Å². The number of nitrogens with zero attached hydrogens (tertiary/aromatic N) is 2. The minimum atomic E-state index is -4.92. The molecule has 3 rings (SSSR count). The van der Waals surface area contributed by atoms with Crippen molar-refractivity contribution in [3.63, 3.8) is 0 Å². The van der Waals surface area contributed by atoms with E-state index in [0.29, 0.717) is 28.7 Å². The van der Waals surface area contributed by atoms with E-state index < -0.39 is 10.4 Å². The molecule has 0 unspecified atom stereocenters. The van der Waals surface area contributed by atoms with Crippen LogP contribution in [0.2, 0.25) is 0 Å². The average Bonchev–Trinajstić information content (AvgIpc) is 2.73. The Labute approximate surface area is 185 Å². The van der Waals surface area contributed by atoms with Crippen molar-refractivity contribution < 1.29 is 36.5 Å². The lowest BCUT2D eigenvalue weighted by Gasteiger charge is -2.11. The van der Waals surface area contributed by atoms with Gasteiger partial charge in [0.1, 0.15) is 17.2 Å². The van der Waals surface area contributed by atoms with Gasteiger partial charge in [-0.15, -0.1) is 0 Å². The van der Waals surface area contributed by atoms with Gasteiger partial charge in [-0.2, -0.15) is 0 Å². The Bertz CT molecular complexity index is 1200. The topological polar surface area (TPSA) is 142 Å². The van der Waals surface area contributed by atoms with E-state index in [1.165, 1.54) is 20.3 Å². The molecule has 3 aromatic rings. The summed E-state index contributed by atoms with van der Waals surface area (Å²) in [5, 5.41) is 9.05. The zero-order valence-electron chi connectivity index (χ0n) is 17.4. The van der Waals surface area contributed by atoms with E-state index >= 15 is 0 Å². The highest BCUT2D eigenvalue weighted by atomic mass is 32.3. The minimum absolute atomic E-state index is 0.253. The van der Waals surface area contributed by atoms with Crippen molar-refractivity contribution in [1.29, 1.82) is 5.39 Å². The van der Waals surface area contributed by atoms with Crippen LogP contribution in [0.5, 0.6) is 34.5 Å². The molecule has 0 saturated carbocycles. The molecule has 0 atom stereocenters. The molecule has 0 fully saturated rings. The molecule has 0 aliphatic rings. The van der Waals surface area contributed by atoms with Crippen LogP contribution < -0.4 is 18.9 Å². The summed E-state index contributed by atoms with van der Waals surface area (Å²) in [6.45, 7) is 2.01. The third-order valence-electron chi connectivity index (χ3n) is 3.85. The van der Waals surface area contributed by atoms with Crippen LogP contribution in [-0.4, -0.2) is 31.7 Å². The van der Waals surface area contributed by atoms with Gasteiger partial charge in [0, 0.05) is 6.07 Å². The normalized spacial score (nSPS) is 10.2. The monoisotopic (exact) mass is 460 g/mol. The maximum absolute atomic E-state index is 9.05. The highest BCUT2D eigenvalue weighted by molar-refractivity contribution is 7.79. The maximum atomic E-state index is 9.05. The standard InChI is InChI=1S/C21H19N2O4.H2O4S/c1-14-5-4-6-17(11-14)26-15-7-9-16(10-8-15)27-21-13-19(24-2)18(23-22)12-20(21)25-3;1-5(2,3)4/h4-13H,1-3H3;(H2,1,2,3,4)/q+1;/p-1. The summed E-state index contributed by atoms with van der Waals surface area (Å²) in [7, 11) is -1.92. The molecule has 0 spiro atoms. The largest absolute Gasteiger partial charge is 0.726 e. The number of ether oxygens (including phenoxy) is 4. The summed E-state index contributed by atoms with van der Waals surface area (Å²) in [4.78, 5) is 3.18. The number of rotatable bonds is 6. The fourth-order valence-electron chi connectivity index (χ4n) is 2.53. The second-order valence-electron chi connectivity index (χ2n) is 6.19. The summed E-state index contributed by atoms with van der Waals surface area (Å²) in [5.41, 5.74) is 1.38. The van der Waals surface area contributed by atoms with Crippen LogP contribution in [0.3, 0.4) is 0 Å². The zero-order valence-corrected chi connectivity index (χ0v) is 18.2. The number of hydrogen-bond acceptors (Lipinski definition) is 8. The Morgan fingerprint density at radius 3 is 1.91 bits per heavy atom. The molecule has 0 saturated heterocycles. The molecule has 168 valence electrons. The smallest absolute Gasteiger partial charge is 0.430 e. The number of benzene rings is 3. The van der Waals surface area contributed by atoms with Gasteiger partial charge < -0.3 is 23.5 Å². The quantitative estimate of drug-likeness (QED) is 0.302. The van der Waals surface area contributed by atoms with Crippen molar-refractivity contribution in [2.24, 2.45) is 0 Å². The SMILES string of the molecule is COc1cc(Oc2ccc(Oc3cccc(C)c3)cc2)c(OC)cc1[N+]#N.O=S(=O)([O-])O. The summed E-state index contributed by atoms with van der Waals surface area (Å²) in [5.74, 6) is 3.30. The molecule has 0 aliphatic heterocycles. The van der Waals surface area contributed by atoms with Crippen molar-refractivity contribution in [1.82, 2.24) is 0 Å². The van der Waals surface area contributed by atoms with Gasteiger partial charge in [-0.1, -0.05) is 12.1 Å². The summed E-state index contributed by atoms with van der Waals surface area (Å²) >= 11 is 0. The van der Waals surface area contributed by atoms with E-state index in [4.69, 9.17) is 41.9 Å². The first-order chi connectivity index (χ1) is 15.1. The molecule has 1 N–H and O–H groups in total. The highest BCUT2D eigenvalue weighted by Crippen LogP contribution is 2.41. The van der Waals surface area contributed by atoms with Crippen LogP contribution >= 0.6 is 0 Å². The molecular weight excluding hydrogens is 440 g/mol. The van der Waals surface area contributed by atoms with Crippen molar-refractivity contribution in [2.75, 3.05) is 14.2 Å². The van der Waals surface area contributed by atoms with Gasteiger partial charge in [0.2, 0.25) is 21.5 Å². The van der Waals surface area contributed by atoms with Crippen molar-refractivity contribution >= 4 is 16.1 Å². The van der Waals surface area contributed by atoms with E-state index in [2.05, 4.69) is 4.98 Å². The molecule has 0 aliphatic carbocycles. The molecule has 10 nitrogen and oxygen atoms in total. The van der Waals surface area contributed by atoms with E-state index in [1.807, 2.05) is 43.3 Å². The summed E-state index contributed by atoms with van der Waals surface area (Å²) < 4.78 is 55.0. The number of diazo groups is 1. The zero-order chi connectivity index (χ0) is 23.7. The maximum Gasteiger partial charge on any atom is 0.430 e. The number of hydrogen-bond donors (Lipinski definition) is 1. The first kappa shape index (κ1) is 24.4. The lowest BCUT2D eigenvalue weighted by Crippen LogP contribution is -1.92. The molecule has 32 heavy (non-hydrogen) atoms. The molecule has 0 radical (unpaired) electrons. The van der Waals surface area contributed by atoms with E-state index in [1.54, 1.807) is 18.2 Å². The van der Waals surface area contributed by atoms with E-state index in [0.717, 1.165) is 11.3 Å². The molecule has 0 heterocycles. The Morgan fingerprint density at radius 2 is 1.41 bits per heavy atom. The first-order valence-corrected chi connectivity index (χ1v) is 10.3. The van der Waals surface area contributed by atoms with Crippen molar-refractivity contribution in [3.8, 4) is 34.5 Å². The number of aryl methyl sites for hydroxylation is 1. The molecule has 11 heteroatoms. The van der Waals surface area contributed by atoms with Gasteiger partial charge in [-0.3, -0.25) is 4.55 Å². The van der Waals surface area contributed by atoms with Crippen LogP contribution in [0.1, 0.15) is 5.56 Å². The Hall–Kier alpha value is -3.85. The predicted octanol–water partition coefficient (Wildman–Crippen LogP) is 5.09. The van der Waals surface area contributed by atoms with Crippen LogP contribution in [-0.2, 0) is 10.4 Å². The van der Waals surface area contributed by atoms with Crippen LogP contribution in [0.25, 0.3) is 4.98 Å². The lowest BCUT2D eigenvalue weighted by molar-refractivity contribution is 0.366. The first-order valence-electron chi connectivity index (χ1n) is 8.94. The predicted molar refractivity (Wildman–Crippen MR) is 114 cm³/mol. The summed E-state index contributed by atoms with van der Waals surface area (Å²) in [6.07, 6.45) is 0. The summed E-state index contributed by atoms with van der Waals surface area (Å²) in [6, 6.07) is 18.2. The van der Waals surface area contributed by atoms with Crippen LogP contribution in [0.4, 0.5) is 5.69 Å². The van der Waals surface area contributed by atoms with E-state index in [-0.39, 0.29) is 5.69 Å². The fraction of sp³-hybridized carbons (Fsp3) is 0.143.